The number of hydrogen-bond acceptors (Lipinski definition) is 2. The second kappa shape index (κ2) is 4.42. The van der Waals surface area contributed by atoms with Crippen molar-refractivity contribution in [2.24, 2.45) is 0 Å². The highest BCUT2D eigenvalue weighted by atomic mass is 19.1. The average molecular weight is 223 g/mol. The van der Waals surface area contributed by atoms with Crippen molar-refractivity contribution in [1.82, 2.24) is 0 Å². The molecule has 0 aromatic heterocycles. The molecule has 0 bridgehead atoms. The summed E-state index contributed by atoms with van der Waals surface area (Å²) in [6.07, 6.45) is 1.63. The van der Waals surface area contributed by atoms with Crippen molar-refractivity contribution in [3.8, 4) is 0 Å². The van der Waals surface area contributed by atoms with E-state index in [-0.39, 0.29) is 5.82 Å². The molecule has 0 saturated heterocycles. The maximum absolute atomic E-state index is 13.9. The van der Waals surface area contributed by atoms with Crippen molar-refractivity contribution in [3.05, 3.63) is 29.6 Å². The predicted octanol–water partition coefficient (Wildman–Crippen LogP) is 2.87. The van der Waals surface area contributed by atoms with E-state index in [1.165, 1.54) is 6.07 Å². The molecule has 0 spiro atoms. The van der Waals surface area contributed by atoms with Gasteiger partial charge < -0.3 is 10.0 Å². The van der Waals surface area contributed by atoms with Crippen LogP contribution in [0.3, 0.4) is 0 Å². The van der Waals surface area contributed by atoms with Crippen molar-refractivity contribution in [1.29, 1.82) is 0 Å². The topological polar surface area (TPSA) is 23.5 Å². The molecule has 1 fully saturated rings. The number of halogens is 1. The van der Waals surface area contributed by atoms with Gasteiger partial charge in [0.2, 0.25) is 0 Å². The van der Waals surface area contributed by atoms with E-state index < -0.39 is 6.10 Å². The number of benzene rings is 1. The zero-order valence-electron chi connectivity index (χ0n) is 9.78. The number of hydrogen-bond donors (Lipinski definition) is 1. The van der Waals surface area contributed by atoms with Gasteiger partial charge in [-0.2, -0.15) is 0 Å². The Labute approximate surface area is 95.7 Å². The van der Waals surface area contributed by atoms with Crippen LogP contribution in [0.15, 0.2) is 18.2 Å². The third-order valence-corrected chi connectivity index (χ3v) is 3.08. The molecule has 1 aromatic rings. The van der Waals surface area contributed by atoms with Crippen LogP contribution in [0, 0.1) is 5.82 Å². The van der Waals surface area contributed by atoms with Gasteiger partial charge in [0.15, 0.2) is 0 Å². The van der Waals surface area contributed by atoms with E-state index in [1.54, 1.807) is 19.1 Å². The van der Waals surface area contributed by atoms with Crippen LogP contribution in [0.5, 0.6) is 0 Å². The van der Waals surface area contributed by atoms with Crippen LogP contribution < -0.4 is 4.90 Å². The lowest BCUT2D eigenvalue weighted by atomic mass is 10.1. The molecule has 1 unspecified atom stereocenters. The number of para-hydroxylation sites is 1. The van der Waals surface area contributed by atoms with Gasteiger partial charge in [-0.1, -0.05) is 12.1 Å². The molecule has 2 nitrogen and oxygen atoms in total. The second-order valence-electron chi connectivity index (χ2n) is 4.37. The van der Waals surface area contributed by atoms with Gasteiger partial charge in [0.05, 0.1) is 11.8 Å². The van der Waals surface area contributed by atoms with Crippen LogP contribution in [-0.4, -0.2) is 17.7 Å². The summed E-state index contributed by atoms with van der Waals surface area (Å²) in [6.45, 7) is 4.49. The number of anilines is 1. The second-order valence-corrected chi connectivity index (χ2v) is 4.37. The lowest BCUT2D eigenvalue weighted by Gasteiger charge is -2.27. The zero-order valence-corrected chi connectivity index (χ0v) is 9.78. The standard InChI is InChI=1S/C13H18FNO/c1-3-15(10-7-8-10)13-11(9(2)16)5-4-6-12(13)14/h4-6,9-10,16H,3,7-8H2,1-2H3. The van der Waals surface area contributed by atoms with Crippen LogP contribution in [-0.2, 0) is 0 Å². The summed E-state index contributed by atoms with van der Waals surface area (Å²) in [5.41, 5.74) is 1.27. The first-order valence-corrected chi connectivity index (χ1v) is 5.88. The Kier molecular flexibility index (Phi) is 3.15. The number of rotatable bonds is 4. The molecule has 0 aliphatic heterocycles. The van der Waals surface area contributed by atoms with E-state index in [9.17, 15) is 9.50 Å². The molecule has 1 saturated carbocycles. The quantitative estimate of drug-likeness (QED) is 0.848. The van der Waals surface area contributed by atoms with E-state index in [4.69, 9.17) is 0 Å². The SMILES string of the molecule is CCN(c1c(F)cccc1C(C)O)C1CC1. The van der Waals surface area contributed by atoms with E-state index in [1.807, 2.05) is 6.92 Å². The minimum atomic E-state index is -0.626. The Balaban J connectivity index is 2.43. The summed E-state index contributed by atoms with van der Waals surface area (Å²) in [4.78, 5) is 2.07. The molecular weight excluding hydrogens is 205 g/mol. The Morgan fingerprint density at radius 1 is 1.50 bits per heavy atom. The fourth-order valence-corrected chi connectivity index (χ4v) is 2.16. The molecule has 1 atom stereocenters. The van der Waals surface area contributed by atoms with Gasteiger partial charge >= 0.3 is 0 Å². The van der Waals surface area contributed by atoms with Gasteiger partial charge in [0.1, 0.15) is 5.82 Å². The van der Waals surface area contributed by atoms with Gasteiger partial charge in [-0.15, -0.1) is 0 Å². The van der Waals surface area contributed by atoms with Crippen LogP contribution in [0.4, 0.5) is 10.1 Å². The maximum Gasteiger partial charge on any atom is 0.146 e. The van der Waals surface area contributed by atoms with E-state index in [2.05, 4.69) is 4.90 Å². The third-order valence-electron chi connectivity index (χ3n) is 3.08. The van der Waals surface area contributed by atoms with Gasteiger partial charge in [-0.3, -0.25) is 0 Å². The lowest BCUT2D eigenvalue weighted by molar-refractivity contribution is 0.199. The molecule has 0 radical (unpaired) electrons. The summed E-state index contributed by atoms with van der Waals surface area (Å²) in [5.74, 6) is -0.229. The van der Waals surface area contributed by atoms with Crippen molar-refractivity contribution in [2.75, 3.05) is 11.4 Å². The summed E-state index contributed by atoms with van der Waals surface area (Å²) in [7, 11) is 0. The molecule has 2 rings (SSSR count). The third kappa shape index (κ3) is 2.05. The first-order valence-electron chi connectivity index (χ1n) is 5.88. The maximum atomic E-state index is 13.9. The van der Waals surface area contributed by atoms with Crippen molar-refractivity contribution in [3.63, 3.8) is 0 Å². The van der Waals surface area contributed by atoms with Crippen LogP contribution in [0.25, 0.3) is 0 Å². The molecule has 1 aromatic carbocycles. The molecule has 0 heterocycles. The molecular formula is C13H18FNO. The van der Waals surface area contributed by atoms with Crippen molar-refractivity contribution in [2.45, 2.75) is 38.8 Å². The highest BCUT2D eigenvalue weighted by molar-refractivity contribution is 5.57. The smallest absolute Gasteiger partial charge is 0.146 e. The van der Waals surface area contributed by atoms with Crippen molar-refractivity contribution >= 4 is 5.69 Å². The Bertz CT molecular complexity index is 374. The van der Waals surface area contributed by atoms with Gasteiger partial charge in [-0.25, -0.2) is 4.39 Å². The summed E-state index contributed by atoms with van der Waals surface area (Å²) < 4.78 is 13.9. The molecule has 1 aliphatic carbocycles. The van der Waals surface area contributed by atoms with Gasteiger partial charge in [0.25, 0.3) is 0 Å². The first-order chi connectivity index (χ1) is 7.65. The van der Waals surface area contributed by atoms with E-state index >= 15 is 0 Å². The number of aliphatic hydroxyl groups is 1. The summed E-state index contributed by atoms with van der Waals surface area (Å²) >= 11 is 0. The molecule has 1 aliphatic rings. The lowest BCUT2D eigenvalue weighted by Crippen LogP contribution is -2.27. The highest BCUT2D eigenvalue weighted by Crippen LogP contribution is 2.37. The summed E-state index contributed by atoms with van der Waals surface area (Å²) in [5, 5.41) is 9.68. The molecule has 16 heavy (non-hydrogen) atoms. The molecule has 3 heteroatoms. The fraction of sp³-hybridized carbons (Fsp3) is 0.538. The highest BCUT2D eigenvalue weighted by Gasteiger charge is 2.31. The summed E-state index contributed by atoms with van der Waals surface area (Å²) in [6, 6.07) is 5.38. The van der Waals surface area contributed by atoms with Gasteiger partial charge in [0, 0.05) is 18.2 Å². The molecule has 0 amide bonds. The normalized spacial score (nSPS) is 17.2. The Hall–Kier alpha value is -1.09. The predicted molar refractivity (Wildman–Crippen MR) is 63.1 cm³/mol. The fourth-order valence-electron chi connectivity index (χ4n) is 2.16. The van der Waals surface area contributed by atoms with Crippen molar-refractivity contribution < 1.29 is 9.50 Å². The zero-order chi connectivity index (χ0) is 11.7. The Morgan fingerprint density at radius 3 is 2.69 bits per heavy atom. The Morgan fingerprint density at radius 2 is 2.19 bits per heavy atom. The van der Waals surface area contributed by atoms with Crippen LogP contribution in [0.1, 0.15) is 38.4 Å². The van der Waals surface area contributed by atoms with Crippen LogP contribution in [0.2, 0.25) is 0 Å². The number of aliphatic hydroxyl groups excluding tert-OH is 1. The van der Waals surface area contributed by atoms with Gasteiger partial charge in [-0.05, 0) is 32.8 Å². The average Bonchev–Trinajstić information content (AvgIpc) is 3.05. The monoisotopic (exact) mass is 223 g/mol. The minimum Gasteiger partial charge on any atom is -0.389 e. The largest absolute Gasteiger partial charge is 0.389 e. The van der Waals surface area contributed by atoms with Crippen LogP contribution >= 0.6 is 0 Å². The van der Waals surface area contributed by atoms with E-state index in [0.29, 0.717) is 17.3 Å². The molecule has 88 valence electrons. The minimum absolute atomic E-state index is 0.229. The molecule has 1 N–H and O–H groups in total. The van der Waals surface area contributed by atoms with E-state index in [0.717, 1.165) is 19.4 Å². The first kappa shape index (κ1) is 11.4. The number of nitrogens with zero attached hydrogens (tertiary/aromatic N) is 1.